The third-order valence-corrected chi connectivity index (χ3v) is 6.32. The van der Waals surface area contributed by atoms with Crippen LogP contribution in [0.1, 0.15) is 11.1 Å². The Labute approximate surface area is 241 Å². The standard InChI is InChI=1S/C24H16NO.C11H8N.Ir/c1-2-7-17(8-3-1)15-18-13-14-25-22(16-18)21-11-6-10-20-19-9-4-5-12-23(19)26-24(20)21;1-2-6-10(7-3-1)11-8-4-5-9-12-11;/h1-10,12-14,16H,15H2;1-6,8-9H;/q2*-1;. The molecular formula is C35H24IrN2O-2. The van der Waals surface area contributed by atoms with Gasteiger partial charge in [0.15, 0.2) is 0 Å². The summed E-state index contributed by atoms with van der Waals surface area (Å²) < 4.78 is 6.12. The predicted molar refractivity (Wildman–Crippen MR) is 154 cm³/mol. The van der Waals surface area contributed by atoms with E-state index in [9.17, 15) is 0 Å². The molecule has 4 aromatic carbocycles. The summed E-state index contributed by atoms with van der Waals surface area (Å²) in [4.78, 5) is 8.80. The van der Waals surface area contributed by atoms with Crippen LogP contribution in [0.4, 0.5) is 0 Å². The number of fused-ring (bicyclic) bond motifs is 3. The van der Waals surface area contributed by atoms with Crippen molar-refractivity contribution in [2.75, 3.05) is 0 Å². The maximum absolute atomic E-state index is 6.12. The molecule has 0 atom stereocenters. The van der Waals surface area contributed by atoms with Crippen LogP contribution in [0.25, 0.3) is 44.5 Å². The molecule has 1 radical (unpaired) electrons. The fourth-order valence-electron chi connectivity index (χ4n) is 4.51. The van der Waals surface area contributed by atoms with Crippen molar-refractivity contribution in [2.24, 2.45) is 0 Å². The van der Waals surface area contributed by atoms with Gasteiger partial charge in [-0.05, 0) is 47.1 Å². The number of aromatic nitrogens is 2. The molecule has 0 bridgehead atoms. The third-order valence-electron chi connectivity index (χ3n) is 6.32. The van der Waals surface area contributed by atoms with E-state index in [0.29, 0.717) is 0 Å². The van der Waals surface area contributed by atoms with Crippen molar-refractivity contribution < 1.29 is 24.5 Å². The van der Waals surface area contributed by atoms with E-state index >= 15 is 0 Å². The van der Waals surface area contributed by atoms with E-state index in [4.69, 9.17) is 4.42 Å². The van der Waals surface area contributed by atoms with Gasteiger partial charge in [0.2, 0.25) is 0 Å². The molecule has 0 saturated carbocycles. The Morgan fingerprint density at radius 1 is 0.590 bits per heavy atom. The Morgan fingerprint density at radius 3 is 2.21 bits per heavy atom. The van der Waals surface area contributed by atoms with Crippen molar-refractivity contribution in [1.82, 2.24) is 9.97 Å². The normalized spacial score (nSPS) is 10.5. The molecule has 7 rings (SSSR count). The average Bonchev–Trinajstić information content (AvgIpc) is 3.38. The van der Waals surface area contributed by atoms with Crippen LogP contribution in [-0.2, 0) is 26.5 Å². The van der Waals surface area contributed by atoms with Gasteiger partial charge in [-0.15, -0.1) is 54.1 Å². The molecule has 0 amide bonds. The average molecular weight is 681 g/mol. The first-order chi connectivity index (χ1) is 18.8. The number of nitrogens with zero attached hydrogens (tertiary/aromatic N) is 2. The summed E-state index contributed by atoms with van der Waals surface area (Å²) in [5.74, 6) is 0. The van der Waals surface area contributed by atoms with Crippen molar-refractivity contribution in [3.05, 3.63) is 157 Å². The minimum atomic E-state index is 0. The van der Waals surface area contributed by atoms with Crippen molar-refractivity contribution in [1.29, 1.82) is 0 Å². The van der Waals surface area contributed by atoms with E-state index in [-0.39, 0.29) is 20.1 Å². The third kappa shape index (κ3) is 6.04. The van der Waals surface area contributed by atoms with Crippen LogP contribution in [-0.4, -0.2) is 9.97 Å². The molecule has 7 aromatic rings. The van der Waals surface area contributed by atoms with E-state index in [1.807, 2.05) is 79.0 Å². The molecular weight excluding hydrogens is 657 g/mol. The van der Waals surface area contributed by atoms with E-state index in [0.717, 1.165) is 50.9 Å². The number of furan rings is 1. The second kappa shape index (κ2) is 12.4. The smallest absolute Gasteiger partial charge is 0.120 e. The monoisotopic (exact) mass is 681 g/mol. The van der Waals surface area contributed by atoms with Gasteiger partial charge in [0.25, 0.3) is 0 Å². The molecule has 39 heavy (non-hydrogen) atoms. The first-order valence-corrected chi connectivity index (χ1v) is 12.5. The van der Waals surface area contributed by atoms with E-state index < -0.39 is 0 Å². The zero-order valence-corrected chi connectivity index (χ0v) is 23.4. The van der Waals surface area contributed by atoms with E-state index in [2.05, 4.69) is 70.6 Å². The van der Waals surface area contributed by atoms with Gasteiger partial charge in [0.1, 0.15) is 5.58 Å². The maximum Gasteiger partial charge on any atom is 0.120 e. The molecule has 0 fully saturated rings. The van der Waals surface area contributed by atoms with E-state index in [1.54, 1.807) is 6.20 Å². The van der Waals surface area contributed by atoms with E-state index in [1.165, 1.54) is 11.1 Å². The SMILES string of the molecule is [Ir].[c-]1ccc2c(oc3ccccc32)c1-c1cc(Cc2ccccc2)ccn1.[c-]1ccccc1-c1ccccn1. The number of para-hydroxylation sites is 1. The van der Waals surface area contributed by atoms with Crippen LogP contribution in [0.2, 0.25) is 0 Å². The van der Waals surface area contributed by atoms with Crippen LogP contribution < -0.4 is 0 Å². The molecule has 0 aliphatic rings. The van der Waals surface area contributed by atoms with Crippen molar-refractivity contribution in [2.45, 2.75) is 6.42 Å². The minimum absolute atomic E-state index is 0. The second-order valence-corrected chi connectivity index (χ2v) is 8.90. The summed E-state index contributed by atoms with van der Waals surface area (Å²) in [5.41, 5.74) is 8.06. The van der Waals surface area contributed by atoms with Crippen LogP contribution in [0.5, 0.6) is 0 Å². The molecule has 0 N–H and O–H groups in total. The minimum Gasteiger partial charge on any atom is -0.501 e. The van der Waals surface area contributed by atoms with Crippen LogP contribution in [0, 0.1) is 12.1 Å². The van der Waals surface area contributed by atoms with Crippen LogP contribution >= 0.6 is 0 Å². The first kappa shape index (κ1) is 26.2. The van der Waals surface area contributed by atoms with Crippen LogP contribution in [0.3, 0.4) is 0 Å². The second-order valence-electron chi connectivity index (χ2n) is 8.90. The largest absolute Gasteiger partial charge is 0.501 e. The Hall–Kier alpha value is -4.37. The summed E-state index contributed by atoms with van der Waals surface area (Å²) in [7, 11) is 0. The molecule has 0 spiro atoms. The Balaban J connectivity index is 0.000000200. The topological polar surface area (TPSA) is 38.9 Å². The van der Waals surface area contributed by atoms with Gasteiger partial charge in [-0.1, -0.05) is 77.7 Å². The molecule has 3 aromatic heterocycles. The fourth-order valence-corrected chi connectivity index (χ4v) is 4.51. The van der Waals surface area contributed by atoms with Crippen molar-refractivity contribution in [3.63, 3.8) is 0 Å². The summed E-state index contributed by atoms with van der Waals surface area (Å²) in [6.45, 7) is 0. The molecule has 3 nitrogen and oxygen atoms in total. The molecule has 0 saturated heterocycles. The molecule has 3 heterocycles. The van der Waals surface area contributed by atoms with Gasteiger partial charge >= 0.3 is 0 Å². The van der Waals surface area contributed by atoms with Gasteiger partial charge in [-0.3, -0.25) is 0 Å². The quantitative estimate of drug-likeness (QED) is 0.175. The predicted octanol–water partition coefficient (Wildman–Crippen LogP) is 8.59. The summed E-state index contributed by atoms with van der Waals surface area (Å²) in [6.07, 6.45) is 4.53. The van der Waals surface area contributed by atoms with Crippen molar-refractivity contribution in [3.8, 4) is 22.5 Å². The van der Waals surface area contributed by atoms with Gasteiger partial charge < -0.3 is 14.4 Å². The molecule has 0 aliphatic carbocycles. The fraction of sp³-hybridized carbons (Fsp3) is 0.0286. The number of hydrogen-bond donors (Lipinski definition) is 0. The van der Waals surface area contributed by atoms with Gasteiger partial charge in [-0.25, -0.2) is 0 Å². The van der Waals surface area contributed by atoms with Gasteiger partial charge in [0.05, 0.1) is 5.58 Å². The Kier molecular flexibility index (Phi) is 8.38. The summed E-state index contributed by atoms with van der Waals surface area (Å²) in [6, 6.07) is 46.9. The summed E-state index contributed by atoms with van der Waals surface area (Å²) in [5, 5.41) is 2.22. The van der Waals surface area contributed by atoms with Gasteiger partial charge in [0, 0.05) is 37.9 Å². The number of rotatable bonds is 4. The number of pyridine rings is 2. The van der Waals surface area contributed by atoms with Crippen LogP contribution in [0.15, 0.2) is 138 Å². The first-order valence-electron chi connectivity index (χ1n) is 12.5. The molecule has 0 aliphatic heterocycles. The molecule has 191 valence electrons. The van der Waals surface area contributed by atoms with Gasteiger partial charge in [-0.2, -0.15) is 0 Å². The zero-order chi connectivity index (χ0) is 25.6. The number of hydrogen-bond acceptors (Lipinski definition) is 3. The Morgan fingerprint density at radius 2 is 1.38 bits per heavy atom. The van der Waals surface area contributed by atoms with Crippen molar-refractivity contribution >= 4 is 21.9 Å². The zero-order valence-electron chi connectivity index (χ0n) is 21.0. The number of benzene rings is 4. The maximum atomic E-state index is 6.12. The Bertz CT molecular complexity index is 1740. The summed E-state index contributed by atoms with van der Waals surface area (Å²) >= 11 is 0. The molecule has 4 heteroatoms. The molecule has 0 unspecified atom stereocenters.